The number of hydrogen-bond donors (Lipinski definition) is 3. The topological polar surface area (TPSA) is 87.7 Å². The van der Waals surface area contributed by atoms with E-state index in [-0.39, 0.29) is 17.3 Å². The molecule has 1 aromatic carbocycles. The number of benzene rings is 1. The first-order chi connectivity index (χ1) is 10.0. The number of nitrogens with one attached hydrogen (secondary N) is 2. The molecular formula is C15H22N2O4. The van der Waals surface area contributed by atoms with Crippen LogP contribution < -0.4 is 15.4 Å². The number of carbonyl (C=O) groups excluding carboxylic acids is 1. The van der Waals surface area contributed by atoms with Gasteiger partial charge in [0.1, 0.15) is 11.3 Å². The second-order valence-corrected chi connectivity index (χ2v) is 4.74. The van der Waals surface area contributed by atoms with Gasteiger partial charge in [-0.2, -0.15) is 0 Å². The Morgan fingerprint density at radius 2 is 1.95 bits per heavy atom. The van der Waals surface area contributed by atoms with E-state index in [0.717, 1.165) is 12.8 Å². The van der Waals surface area contributed by atoms with Crippen molar-refractivity contribution in [1.29, 1.82) is 0 Å². The molecule has 6 heteroatoms. The number of anilines is 1. The maximum Gasteiger partial charge on any atom is 0.339 e. The molecule has 0 aliphatic rings. The summed E-state index contributed by atoms with van der Waals surface area (Å²) in [4.78, 5) is 22.8. The number of urea groups is 1. The number of aromatic carboxylic acids is 1. The molecule has 0 aliphatic carbocycles. The summed E-state index contributed by atoms with van der Waals surface area (Å²) in [5.74, 6) is -0.406. The molecule has 3 N–H and O–H groups in total. The van der Waals surface area contributed by atoms with Gasteiger partial charge in [0.05, 0.1) is 7.11 Å². The molecule has 0 fully saturated rings. The van der Waals surface area contributed by atoms with Crippen molar-refractivity contribution in [2.75, 3.05) is 19.0 Å². The Hall–Kier alpha value is -2.24. The standard InChI is InChI=1S/C15H22N2O4/c1-4-10(5-2)9-16-15(20)17-11-6-7-12(14(18)19)13(8-11)21-3/h6-8,10H,4-5,9H2,1-3H3,(H,18,19)(H2,16,17,20). The zero-order valence-electron chi connectivity index (χ0n) is 12.6. The lowest BCUT2D eigenvalue weighted by molar-refractivity contribution is 0.0693. The Balaban J connectivity index is 2.66. The molecular weight excluding hydrogens is 272 g/mol. The van der Waals surface area contributed by atoms with Gasteiger partial charge < -0.3 is 20.5 Å². The van der Waals surface area contributed by atoms with Crippen LogP contribution >= 0.6 is 0 Å². The molecule has 0 unspecified atom stereocenters. The van der Waals surface area contributed by atoms with Crippen molar-refractivity contribution in [3.63, 3.8) is 0 Å². The van der Waals surface area contributed by atoms with Crippen molar-refractivity contribution >= 4 is 17.7 Å². The highest BCUT2D eigenvalue weighted by Gasteiger charge is 2.12. The van der Waals surface area contributed by atoms with Crippen LogP contribution in [-0.2, 0) is 0 Å². The van der Waals surface area contributed by atoms with Gasteiger partial charge in [0, 0.05) is 18.3 Å². The van der Waals surface area contributed by atoms with E-state index in [0.29, 0.717) is 18.2 Å². The molecule has 116 valence electrons. The summed E-state index contributed by atoms with van der Waals surface area (Å²) in [6.45, 7) is 4.79. The van der Waals surface area contributed by atoms with Crippen LogP contribution in [0.4, 0.5) is 10.5 Å². The minimum atomic E-state index is -1.07. The highest BCUT2D eigenvalue weighted by molar-refractivity contribution is 5.94. The zero-order valence-corrected chi connectivity index (χ0v) is 12.6. The van der Waals surface area contributed by atoms with Gasteiger partial charge in [-0.1, -0.05) is 26.7 Å². The van der Waals surface area contributed by atoms with Gasteiger partial charge >= 0.3 is 12.0 Å². The molecule has 0 saturated heterocycles. The van der Waals surface area contributed by atoms with Gasteiger partial charge in [0.15, 0.2) is 0 Å². The Bertz CT molecular complexity index is 498. The molecule has 0 bridgehead atoms. The SMILES string of the molecule is CCC(CC)CNC(=O)Nc1ccc(C(=O)O)c(OC)c1. The number of hydrogen-bond acceptors (Lipinski definition) is 3. The van der Waals surface area contributed by atoms with Crippen molar-refractivity contribution in [3.05, 3.63) is 23.8 Å². The normalized spacial score (nSPS) is 10.3. The van der Waals surface area contributed by atoms with Gasteiger partial charge in [0.25, 0.3) is 0 Å². The zero-order chi connectivity index (χ0) is 15.8. The third-order valence-corrected chi connectivity index (χ3v) is 3.40. The van der Waals surface area contributed by atoms with Crippen molar-refractivity contribution in [3.8, 4) is 5.75 Å². The Morgan fingerprint density at radius 3 is 2.48 bits per heavy atom. The molecule has 1 aromatic rings. The van der Waals surface area contributed by atoms with E-state index >= 15 is 0 Å². The molecule has 21 heavy (non-hydrogen) atoms. The molecule has 6 nitrogen and oxygen atoms in total. The van der Waals surface area contributed by atoms with Crippen LogP contribution in [0, 0.1) is 5.92 Å². The Morgan fingerprint density at radius 1 is 1.29 bits per heavy atom. The van der Waals surface area contributed by atoms with Gasteiger partial charge in [0.2, 0.25) is 0 Å². The quantitative estimate of drug-likeness (QED) is 0.721. The van der Waals surface area contributed by atoms with E-state index in [1.165, 1.54) is 25.3 Å². The van der Waals surface area contributed by atoms with Gasteiger partial charge in [-0.3, -0.25) is 0 Å². The minimum Gasteiger partial charge on any atom is -0.496 e. The third kappa shape index (κ3) is 4.98. The predicted molar refractivity (Wildman–Crippen MR) is 81.0 cm³/mol. The number of rotatable bonds is 7. The fourth-order valence-electron chi connectivity index (χ4n) is 1.94. The van der Waals surface area contributed by atoms with E-state index < -0.39 is 5.97 Å². The first-order valence-electron chi connectivity index (χ1n) is 6.97. The average molecular weight is 294 g/mol. The molecule has 2 amide bonds. The number of amides is 2. The second-order valence-electron chi connectivity index (χ2n) is 4.74. The summed E-state index contributed by atoms with van der Waals surface area (Å²) in [5.41, 5.74) is 0.541. The number of carboxylic acid groups (broad SMARTS) is 1. The highest BCUT2D eigenvalue weighted by Crippen LogP contribution is 2.23. The van der Waals surface area contributed by atoms with Crippen LogP contribution in [0.1, 0.15) is 37.0 Å². The van der Waals surface area contributed by atoms with Crippen molar-refractivity contribution in [2.24, 2.45) is 5.92 Å². The van der Waals surface area contributed by atoms with Crippen LogP contribution in [-0.4, -0.2) is 30.8 Å². The summed E-state index contributed by atoms with van der Waals surface area (Å²) >= 11 is 0. The first-order valence-corrected chi connectivity index (χ1v) is 6.97. The van der Waals surface area contributed by atoms with Gasteiger partial charge in [-0.05, 0) is 18.1 Å². The smallest absolute Gasteiger partial charge is 0.339 e. The number of carboxylic acids is 1. The average Bonchev–Trinajstić information content (AvgIpc) is 2.47. The summed E-state index contributed by atoms with van der Waals surface area (Å²) in [5, 5.41) is 14.5. The Labute approximate surface area is 124 Å². The van der Waals surface area contributed by atoms with E-state index in [9.17, 15) is 9.59 Å². The summed E-state index contributed by atoms with van der Waals surface area (Å²) in [6, 6.07) is 4.10. The number of ether oxygens (including phenoxy) is 1. The van der Waals surface area contributed by atoms with E-state index in [1.807, 2.05) is 0 Å². The van der Waals surface area contributed by atoms with Crippen LogP contribution in [0.5, 0.6) is 5.75 Å². The molecule has 0 heterocycles. The molecule has 0 atom stereocenters. The van der Waals surface area contributed by atoms with Crippen molar-refractivity contribution in [1.82, 2.24) is 5.32 Å². The lowest BCUT2D eigenvalue weighted by Gasteiger charge is -2.14. The number of methoxy groups -OCH3 is 1. The van der Waals surface area contributed by atoms with E-state index in [2.05, 4.69) is 24.5 Å². The van der Waals surface area contributed by atoms with Crippen LogP contribution in [0.3, 0.4) is 0 Å². The summed E-state index contributed by atoms with van der Waals surface area (Å²) in [7, 11) is 1.39. The molecule has 1 rings (SSSR count). The molecule has 0 radical (unpaired) electrons. The number of carbonyl (C=O) groups is 2. The Kier molecular flexibility index (Phi) is 6.52. The van der Waals surface area contributed by atoms with Gasteiger partial charge in [-0.25, -0.2) is 9.59 Å². The fourth-order valence-corrected chi connectivity index (χ4v) is 1.94. The first kappa shape index (κ1) is 16.8. The lowest BCUT2D eigenvalue weighted by Crippen LogP contribution is -2.32. The minimum absolute atomic E-state index is 0.0560. The van der Waals surface area contributed by atoms with E-state index in [1.54, 1.807) is 0 Å². The highest BCUT2D eigenvalue weighted by atomic mass is 16.5. The summed E-state index contributed by atoms with van der Waals surface area (Å²) in [6.07, 6.45) is 2.02. The van der Waals surface area contributed by atoms with Gasteiger partial charge in [-0.15, -0.1) is 0 Å². The van der Waals surface area contributed by atoms with Crippen LogP contribution in [0.15, 0.2) is 18.2 Å². The third-order valence-electron chi connectivity index (χ3n) is 3.40. The van der Waals surface area contributed by atoms with Crippen molar-refractivity contribution < 1.29 is 19.4 Å². The second kappa shape index (κ2) is 8.14. The molecule has 0 aliphatic heterocycles. The largest absolute Gasteiger partial charge is 0.496 e. The lowest BCUT2D eigenvalue weighted by atomic mass is 10.0. The fraction of sp³-hybridized carbons (Fsp3) is 0.467. The predicted octanol–water partition coefficient (Wildman–Crippen LogP) is 2.95. The van der Waals surface area contributed by atoms with Crippen LogP contribution in [0.25, 0.3) is 0 Å². The molecule has 0 aromatic heterocycles. The molecule has 0 saturated carbocycles. The molecule has 0 spiro atoms. The van der Waals surface area contributed by atoms with E-state index in [4.69, 9.17) is 9.84 Å². The maximum atomic E-state index is 11.8. The van der Waals surface area contributed by atoms with Crippen molar-refractivity contribution in [2.45, 2.75) is 26.7 Å². The maximum absolute atomic E-state index is 11.8. The monoisotopic (exact) mass is 294 g/mol. The van der Waals surface area contributed by atoms with Crippen LogP contribution in [0.2, 0.25) is 0 Å². The summed E-state index contributed by atoms with van der Waals surface area (Å²) < 4.78 is 5.01.